The van der Waals surface area contributed by atoms with Crippen molar-refractivity contribution in [1.29, 1.82) is 0 Å². The van der Waals surface area contributed by atoms with Gasteiger partial charge in [0.25, 0.3) is 0 Å². The fourth-order valence-corrected chi connectivity index (χ4v) is 3.12. The Morgan fingerprint density at radius 2 is 1.60 bits per heavy atom. The quantitative estimate of drug-likeness (QED) is 0.478. The van der Waals surface area contributed by atoms with Gasteiger partial charge in [-0.1, -0.05) is 0 Å². The Kier molecular flexibility index (Phi) is 5.02. The molecule has 0 aliphatic rings. The van der Waals surface area contributed by atoms with Gasteiger partial charge in [-0.3, -0.25) is 0 Å². The predicted octanol–water partition coefficient (Wildman–Crippen LogP) is -0.496. The summed E-state index contributed by atoms with van der Waals surface area (Å²) >= 11 is 0. The first kappa shape index (κ1) is 16.8. The molecule has 5 N–H and O–H groups in total. The SMILES string of the molecule is Nc1cc(F)c(S(=O)(=O)NCCCS(N)(=O)=O)c(F)c1. The molecule has 114 valence electrons. The van der Waals surface area contributed by atoms with Gasteiger partial charge < -0.3 is 5.73 Å². The molecular formula is C9H13F2N3O4S2. The molecule has 1 aromatic rings. The molecule has 0 radical (unpaired) electrons. The van der Waals surface area contributed by atoms with E-state index in [1.54, 1.807) is 0 Å². The van der Waals surface area contributed by atoms with Crippen LogP contribution in [0.1, 0.15) is 6.42 Å². The van der Waals surface area contributed by atoms with Crippen LogP contribution in [0.5, 0.6) is 0 Å². The zero-order chi connectivity index (χ0) is 15.6. The predicted molar refractivity (Wildman–Crippen MR) is 68.6 cm³/mol. The Hall–Kier alpha value is -1.30. The Bertz CT molecular complexity index is 681. The summed E-state index contributed by atoms with van der Waals surface area (Å²) in [7, 11) is -8.18. The molecule has 11 heteroatoms. The first-order valence-corrected chi connectivity index (χ1v) is 8.47. The van der Waals surface area contributed by atoms with Crippen molar-refractivity contribution in [2.45, 2.75) is 11.3 Å². The van der Waals surface area contributed by atoms with Crippen LogP contribution in [0.3, 0.4) is 0 Å². The minimum atomic E-state index is -4.45. The van der Waals surface area contributed by atoms with Crippen LogP contribution in [0.2, 0.25) is 0 Å². The molecule has 0 spiro atoms. The van der Waals surface area contributed by atoms with Crippen LogP contribution >= 0.6 is 0 Å². The number of sulfonamides is 2. The number of anilines is 1. The topological polar surface area (TPSA) is 132 Å². The molecule has 1 rings (SSSR count). The van der Waals surface area contributed by atoms with Gasteiger partial charge in [-0.25, -0.2) is 35.5 Å². The number of halogens is 2. The van der Waals surface area contributed by atoms with E-state index in [1.807, 2.05) is 4.72 Å². The summed E-state index contributed by atoms with van der Waals surface area (Å²) in [5.41, 5.74) is 4.91. The summed E-state index contributed by atoms with van der Waals surface area (Å²) in [6, 6.07) is 1.34. The summed E-state index contributed by atoms with van der Waals surface area (Å²) in [6.45, 7) is -0.331. The maximum Gasteiger partial charge on any atom is 0.246 e. The standard InChI is InChI=1S/C9H13F2N3O4S2/c10-7-4-6(12)5-8(11)9(7)20(17,18)14-2-1-3-19(13,15)16/h4-5,14H,1-3,12H2,(H2,13,15,16). The lowest BCUT2D eigenvalue weighted by molar-refractivity contribution is 0.514. The van der Waals surface area contributed by atoms with Crippen molar-refractivity contribution in [3.8, 4) is 0 Å². The van der Waals surface area contributed by atoms with Gasteiger partial charge in [0.1, 0.15) is 11.6 Å². The highest BCUT2D eigenvalue weighted by Gasteiger charge is 2.24. The van der Waals surface area contributed by atoms with Crippen molar-refractivity contribution in [1.82, 2.24) is 4.72 Å². The molecule has 0 amide bonds. The van der Waals surface area contributed by atoms with Gasteiger partial charge in [0.05, 0.1) is 5.75 Å². The smallest absolute Gasteiger partial charge is 0.246 e. The molecule has 20 heavy (non-hydrogen) atoms. The third kappa shape index (κ3) is 4.67. The Morgan fingerprint density at radius 3 is 2.05 bits per heavy atom. The van der Waals surface area contributed by atoms with E-state index in [-0.39, 0.29) is 18.7 Å². The highest BCUT2D eigenvalue weighted by atomic mass is 32.2. The molecule has 0 heterocycles. The highest BCUT2D eigenvalue weighted by Crippen LogP contribution is 2.21. The van der Waals surface area contributed by atoms with E-state index < -0.39 is 42.3 Å². The fourth-order valence-electron chi connectivity index (χ4n) is 1.39. The summed E-state index contributed by atoms with van der Waals surface area (Å²) in [6.07, 6.45) is -0.129. The number of nitrogens with two attached hydrogens (primary N) is 2. The maximum absolute atomic E-state index is 13.5. The minimum Gasteiger partial charge on any atom is -0.399 e. The average molecular weight is 329 g/mol. The van der Waals surface area contributed by atoms with E-state index >= 15 is 0 Å². The Balaban J connectivity index is 2.85. The van der Waals surface area contributed by atoms with Gasteiger partial charge in [0, 0.05) is 12.2 Å². The van der Waals surface area contributed by atoms with Crippen LogP contribution in [-0.2, 0) is 20.0 Å². The number of hydrogen-bond acceptors (Lipinski definition) is 5. The maximum atomic E-state index is 13.5. The molecule has 0 saturated heterocycles. The average Bonchev–Trinajstić information content (AvgIpc) is 2.21. The van der Waals surface area contributed by atoms with Crippen LogP contribution in [0.15, 0.2) is 17.0 Å². The molecule has 1 aromatic carbocycles. The van der Waals surface area contributed by atoms with Crippen molar-refractivity contribution in [2.75, 3.05) is 18.0 Å². The number of rotatable bonds is 6. The van der Waals surface area contributed by atoms with Gasteiger partial charge >= 0.3 is 0 Å². The molecule has 0 bridgehead atoms. The molecule has 0 unspecified atom stereocenters. The summed E-state index contributed by atoms with van der Waals surface area (Å²) in [4.78, 5) is -1.16. The molecule has 0 atom stereocenters. The second-order valence-electron chi connectivity index (χ2n) is 3.93. The summed E-state index contributed by atoms with van der Waals surface area (Å²) < 4.78 is 73.5. The lowest BCUT2D eigenvalue weighted by atomic mass is 10.3. The van der Waals surface area contributed by atoms with Crippen LogP contribution in [-0.4, -0.2) is 29.1 Å². The van der Waals surface area contributed by atoms with Crippen molar-refractivity contribution in [2.24, 2.45) is 5.14 Å². The van der Waals surface area contributed by atoms with Crippen molar-refractivity contribution < 1.29 is 25.6 Å². The normalized spacial score (nSPS) is 12.6. The first-order valence-electron chi connectivity index (χ1n) is 5.27. The van der Waals surface area contributed by atoms with Gasteiger partial charge in [-0.05, 0) is 18.6 Å². The Morgan fingerprint density at radius 1 is 1.10 bits per heavy atom. The van der Waals surface area contributed by atoms with E-state index in [0.717, 1.165) is 0 Å². The summed E-state index contributed by atoms with van der Waals surface area (Å²) in [5, 5.41) is 4.72. The number of nitrogen functional groups attached to an aromatic ring is 1. The monoisotopic (exact) mass is 329 g/mol. The summed E-state index contributed by atoms with van der Waals surface area (Å²) in [5.74, 6) is -3.12. The van der Waals surface area contributed by atoms with E-state index in [2.05, 4.69) is 0 Å². The number of primary sulfonamides is 1. The third-order valence-corrected chi connectivity index (χ3v) is 4.56. The first-order chi connectivity index (χ1) is 9.03. The van der Waals surface area contributed by atoms with E-state index in [0.29, 0.717) is 12.1 Å². The zero-order valence-electron chi connectivity index (χ0n) is 10.1. The largest absolute Gasteiger partial charge is 0.399 e. The molecule has 7 nitrogen and oxygen atoms in total. The van der Waals surface area contributed by atoms with Crippen LogP contribution in [0, 0.1) is 11.6 Å². The molecule has 0 aliphatic carbocycles. The highest BCUT2D eigenvalue weighted by molar-refractivity contribution is 7.89. The van der Waals surface area contributed by atoms with Crippen LogP contribution in [0.4, 0.5) is 14.5 Å². The van der Waals surface area contributed by atoms with Gasteiger partial charge in [0.15, 0.2) is 4.90 Å². The molecular weight excluding hydrogens is 316 g/mol. The fraction of sp³-hybridized carbons (Fsp3) is 0.333. The lowest BCUT2D eigenvalue weighted by Gasteiger charge is -2.09. The molecule has 0 aromatic heterocycles. The lowest BCUT2D eigenvalue weighted by Crippen LogP contribution is -2.29. The molecule has 0 saturated carbocycles. The van der Waals surface area contributed by atoms with Crippen LogP contribution < -0.4 is 15.6 Å². The van der Waals surface area contributed by atoms with E-state index in [4.69, 9.17) is 10.9 Å². The zero-order valence-corrected chi connectivity index (χ0v) is 11.8. The van der Waals surface area contributed by atoms with Crippen molar-refractivity contribution in [3.63, 3.8) is 0 Å². The second-order valence-corrected chi connectivity index (χ2v) is 7.37. The second kappa shape index (κ2) is 5.99. The molecule has 0 fully saturated rings. The number of nitrogens with one attached hydrogen (secondary N) is 1. The molecule has 0 aliphatic heterocycles. The number of benzene rings is 1. The van der Waals surface area contributed by atoms with Crippen LogP contribution in [0.25, 0.3) is 0 Å². The third-order valence-electron chi connectivity index (χ3n) is 2.19. The van der Waals surface area contributed by atoms with Crippen molar-refractivity contribution >= 4 is 25.7 Å². The number of hydrogen-bond donors (Lipinski definition) is 3. The van der Waals surface area contributed by atoms with E-state index in [9.17, 15) is 25.6 Å². The van der Waals surface area contributed by atoms with Gasteiger partial charge in [-0.15, -0.1) is 0 Å². The van der Waals surface area contributed by atoms with Crippen molar-refractivity contribution in [3.05, 3.63) is 23.8 Å². The van der Waals surface area contributed by atoms with Gasteiger partial charge in [0.2, 0.25) is 20.0 Å². The minimum absolute atomic E-state index is 0.129. The Labute approximate surface area is 115 Å². The van der Waals surface area contributed by atoms with Gasteiger partial charge in [-0.2, -0.15) is 0 Å². The van der Waals surface area contributed by atoms with E-state index in [1.165, 1.54) is 0 Å².